The summed E-state index contributed by atoms with van der Waals surface area (Å²) in [5.41, 5.74) is 0.173. The maximum atomic E-state index is 12.9. The van der Waals surface area contributed by atoms with Gasteiger partial charge in [0.05, 0.1) is 5.41 Å². The van der Waals surface area contributed by atoms with Crippen LogP contribution in [0.4, 0.5) is 4.39 Å². The van der Waals surface area contributed by atoms with Gasteiger partial charge in [0.25, 0.3) is 0 Å². The van der Waals surface area contributed by atoms with Crippen molar-refractivity contribution in [2.45, 2.75) is 12.3 Å². The summed E-state index contributed by atoms with van der Waals surface area (Å²) in [5.74, 6) is 2.31. The Morgan fingerprint density at radius 1 is 1.62 bits per heavy atom. The van der Waals surface area contributed by atoms with Crippen LogP contribution >= 0.6 is 0 Å². The van der Waals surface area contributed by atoms with Crippen LogP contribution in [0.15, 0.2) is 36.9 Å². The Kier molecular flexibility index (Phi) is 2.53. The molecule has 0 radical (unpaired) electrons. The van der Waals surface area contributed by atoms with E-state index in [0.717, 1.165) is 5.56 Å². The molecule has 66 valence electrons. The van der Waals surface area contributed by atoms with Gasteiger partial charge in [0.2, 0.25) is 0 Å². The van der Waals surface area contributed by atoms with E-state index in [2.05, 4.69) is 12.5 Å². The monoisotopic (exact) mass is 174 g/mol. The molecule has 0 aliphatic heterocycles. The maximum Gasteiger partial charge on any atom is 0.123 e. The Hall–Kier alpha value is -1.55. The first kappa shape index (κ1) is 9.54. The van der Waals surface area contributed by atoms with Crippen molar-refractivity contribution >= 4 is 0 Å². The molecule has 0 aliphatic rings. The SMILES string of the molecule is C#CC(C)(C=C)c1cccc(F)c1. The van der Waals surface area contributed by atoms with Crippen molar-refractivity contribution in [1.29, 1.82) is 0 Å². The fourth-order valence-corrected chi connectivity index (χ4v) is 1.07. The number of hydrogen-bond acceptors (Lipinski definition) is 0. The highest BCUT2D eigenvalue weighted by molar-refractivity contribution is 5.38. The van der Waals surface area contributed by atoms with Gasteiger partial charge >= 0.3 is 0 Å². The van der Waals surface area contributed by atoms with Crippen LogP contribution in [0.1, 0.15) is 12.5 Å². The van der Waals surface area contributed by atoms with Crippen molar-refractivity contribution in [3.8, 4) is 12.3 Å². The second-order valence-electron chi connectivity index (χ2n) is 3.06. The molecule has 0 saturated carbocycles. The minimum atomic E-state index is -0.581. The smallest absolute Gasteiger partial charge is 0.123 e. The molecule has 0 fully saturated rings. The molecule has 0 saturated heterocycles. The van der Waals surface area contributed by atoms with Crippen LogP contribution in [-0.4, -0.2) is 0 Å². The van der Waals surface area contributed by atoms with Crippen LogP contribution < -0.4 is 0 Å². The van der Waals surface area contributed by atoms with E-state index >= 15 is 0 Å². The van der Waals surface area contributed by atoms with Gasteiger partial charge in [0.15, 0.2) is 0 Å². The van der Waals surface area contributed by atoms with Gasteiger partial charge in [-0.25, -0.2) is 4.39 Å². The fraction of sp³-hybridized carbons (Fsp3) is 0.167. The number of allylic oxidation sites excluding steroid dienone is 1. The Bertz CT molecular complexity index is 360. The molecule has 0 aromatic heterocycles. The van der Waals surface area contributed by atoms with Crippen LogP contribution in [0.2, 0.25) is 0 Å². The van der Waals surface area contributed by atoms with Gasteiger partial charge in [-0.2, -0.15) is 0 Å². The Balaban J connectivity index is 3.22. The Morgan fingerprint density at radius 3 is 2.77 bits per heavy atom. The molecule has 0 amide bonds. The third-order valence-electron chi connectivity index (χ3n) is 2.13. The molecule has 1 atom stereocenters. The molecule has 1 unspecified atom stereocenters. The molecule has 0 nitrogen and oxygen atoms in total. The largest absolute Gasteiger partial charge is 0.207 e. The van der Waals surface area contributed by atoms with E-state index < -0.39 is 5.41 Å². The quantitative estimate of drug-likeness (QED) is 0.477. The zero-order chi connectivity index (χ0) is 9.90. The van der Waals surface area contributed by atoms with Crippen molar-refractivity contribution < 1.29 is 4.39 Å². The number of rotatable bonds is 2. The third-order valence-corrected chi connectivity index (χ3v) is 2.13. The van der Waals surface area contributed by atoms with Crippen molar-refractivity contribution in [3.05, 3.63) is 48.3 Å². The number of benzene rings is 1. The maximum absolute atomic E-state index is 12.9. The zero-order valence-electron chi connectivity index (χ0n) is 7.55. The summed E-state index contributed by atoms with van der Waals surface area (Å²) >= 11 is 0. The summed E-state index contributed by atoms with van der Waals surface area (Å²) in [4.78, 5) is 0. The Morgan fingerprint density at radius 2 is 2.31 bits per heavy atom. The minimum absolute atomic E-state index is 0.277. The second-order valence-corrected chi connectivity index (χ2v) is 3.06. The van der Waals surface area contributed by atoms with Crippen molar-refractivity contribution in [1.82, 2.24) is 0 Å². The van der Waals surface area contributed by atoms with Gasteiger partial charge in [-0.1, -0.05) is 24.1 Å². The van der Waals surface area contributed by atoms with Gasteiger partial charge in [0, 0.05) is 0 Å². The van der Waals surface area contributed by atoms with Gasteiger partial charge < -0.3 is 0 Å². The lowest BCUT2D eigenvalue weighted by Gasteiger charge is -2.18. The highest BCUT2D eigenvalue weighted by Crippen LogP contribution is 2.24. The molecule has 1 heteroatoms. The minimum Gasteiger partial charge on any atom is -0.207 e. The summed E-state index contributed by atoms with van der Waals surface area (Å²) in [6.07, 6.45) is 7.00. The normalized spacial score (nSPS) is 14.2. The van der Waals surface area contributed by atoms with Gasteiger partial charge in [-0.3, -0.25) is 0 Å². The second kappa shape index (κ2) is 3.45. The predicted octanol–water partition coefficient (Wildman–Crippen LogP) is 2.90. The molecular weight excluding hydrogens is 163 g/mol. The molecule has 13 heavy (non-hydrogen) atoms. The van der Waals surface area contributed by atoms with Crippen LogP contribution in [0.25, 0.3) is 0 Å². The third kappa shape index (κ3) is 1.78. The summed E-state index contributed by atoms with van der Waals surface area (Å²) in [5, 5.41) is 0. The lowest BCUT2D eigenvalue weighted by atomic mass is 9.84. The van der Waals surface area contributed by atoms with Crippen LogP contribution in [0, 0.1) is 18.2 Å². The zero-order valence-corrected chi connectivity index (χ0v) is 7.55. The van der Waals surface area contributed by atoms with E-state index in [0.29, 0.717) is 0 Å². The van der Waals surface area contributed by atoms with E-state index in [-0.39, 0.29) is 5.82 Å². The van der Waals surface area contributed by atoms with E-state index in [1.54, 1.807) is 18.2 Å². The number of hydrogen-bond donors (Lipinski definition) is 0. The van der Waals surface area contributed by atoms with Crippen molar-refractivity contribution in [2.75, 3.05) is 0 Å². The van der Waals surface area contributed by atoms with E-state index in [9.17, 15) is 4.39 Å². The lowest BCUT2D eigenvalue weighted by molar-refractivity contribution is 0.621. The summed E-state index contributed by atoms with van der Waals surface area (Å²) < 4.78 is 12.9. The lowest BCUT2D eigenvalue weighted by Crippen LogP contribution is -2.15. The molecule has 1 rings (SSSR count). The highest BCUT2D eigenvalue weighted by Gasteiger charge is 2.19. The van der Waals surface area contributed by atoms with Crippen molar-refractivity contribution in [2.24, 2.45) is 0 Å². The topological polar surface area (TPSA) is 0 Å². The molecule has 0 aliphatic carbocycles. The standard InChI is InChI=1S/C12H11F/c1-4-12(3,5-2)10-7-6-8-11(13)9-10/h1,5-9H,2H2,3H3. The van der Waals surface area contributed by atoms with Crippen LogP contribution in [0.5, 0.6) is 0 Å². The van der Waals surface area contributed by atoms with E-state index in [1.165, 1.54) is 12.1 Å². The average Bonchev–Trinajstić information content (AvgIpc) is 2.17. The van der Waals surface area contributed by atoms with Gasteiger partial charge in [-0.05, 0) is 24.6 Å². The predicted molar refractivity (Wildman–Crippen MR) is 52.8 cm³/mol. The fourth-order valence-electron chi connectivity index (χ4n) is 1.07. The van der Waals surface area contributed by atoms with Crippen LogP contribution in [-0.2, 0) is 5.41 Å². The number of terminal acetylenes is 1. The first-order valence-corrected chi connectivity index (χ1v) is 4.00. The molecule has 0 N–H and O–H groups in total. The van der Waals surface area contributed by atoms with Crippen molar-refractivity contribution in [3.63, 3.8) is 0 Å². The summed E-state index contributed by atoms with van der Waals surface area (Å²) in [6, 6.07) is 6.26. The molecule has 0 bridgehead atoms. The molecule has 1 aromatic carbocycles. The van der Waals surface area contributed by atoms with E-state index in [4.69, 9.17) is 6.42 Å². The molecular formula is C12H11F. The summed E-state index contributed by atoms with van der Waals surface area (Å²) in [7, 11) is 0. The first-order valence-electron chi connectivity index (χ1n) is 4.00. The highest BCUT2D eigenvalue weighted by atomic mass is 19.1. The average molecular weight is 174 g/mol. The van der Waals surface area contributed by atoms with Gasteiger partial charge in [-0.15, -0.1) is 13.0 Å². The molecule has 1 aromatic rings. The Labute approximate surface area is 78.1 Å². The molecule has 0 heterocycles. The first-order chi connectivity index (χ1) is 6.12. The summed E-state index contributed by atoms with van der Waals surface area (Å²) in [6.45, 7) is 5.47. The van der Waals surface area contributed by atoms with Gasteiger partial charge in [0.1, 0.15) is 5.82 Å². The molecule has 0 spiro atoms. The number of halogens is 1. The van der Waals surface area contributed by atoms with E-state index in [1.807, 2.05) is 6.92 Å². The van der Waals surface area contributed by atoms with Crippen LogP contribution in [0.3, 0.4) is 0 Å².